The molecule has 0 saturated heterocycles. The van der Waals surface area contributed by atoms with Crippen molar-refractivity contribution in [3.63, 3.8) is 0 Å². The molecule has 0 aliphatic carbocycles. The first-order valence-electron chi connectivity index (χ1n) is 4.86. The highest BCUT2D eigenvalue weighted by Crippen LogP contribution is 2.41. The molecule has 0 amide bonds. The molecular formula is C10H8N2O4S2. The molecule has 2 rings (SSSR count). The number of thiophene rings is 1. The van der Waals surface area contributed by atoms with Crippen molar-refractivity contribution < 1.29 is 14.1 Å². The van der Waals surface area contributed by atoms with Crippen LogP contribution in [0.1, 0.15) is 22.3 Å². The van der Waals surface area contributed by atoms with E-state index < -0.39 is 4.92 Å². The third-order valence-corrected chi connectivity index (χ3v) is 4.28. The molecular weight excluding hydrogens is 276 g/mol. The summed E-state index contributed by atoms with van der Waals surface area (Å²) in [6.45, 7) is 3.14. The topological polar surface area (TPSA) is 86.2 Å². The number of carbonyl (C=O) groups is 1. The maximum atomic E-state index is 11.2. The largest absolute Gasteiger partial charge is 0.439 e. The Kier molecular flexibility index (Phi) is 3.48. The Morgan fingerprint density at radius 2 is 2.33 bits per heavy atom. The Morgan fingerprint density at radius 3 is 2.83 bits per heavy atom. The first-order valence-corrected chi connectivity index (χ1v) is 6.50. The van der Waals surface area contributed by atoms with Crippen LogP contribution in [0.25, 0.3) is 0 Å². The molecule has 2 heterocycles. The number of aromatic nitrogens is 1. The standard InChI is InChI=1S/C10H8N2O4S2/c1-5-4-16-10(11-5)18-9-7(12(14)15)3-8(17-9)6(2)13/h3-4H,1-2H3. The second-order valence-corrected chi connectivity index (χ2v) is 5.73. The molecule has 2 aromatic rings. The Bertz CT molecular complexity index is 617. The van der Waals surface area contributed by atoms with E-state index in [1.54, 1.807) is 6.92 Å². The molecule has 6 nitrogen and oxygen atoms in total. The number of nitrogens with zero attached hydrogens (tertiary/aromatic N) is 2. The lowest BCUT2D eigenvalue weighted by Crippen LogP contribution is -1.87. The lowest BCUT2D eigenvalue weighted by Gasteiger charge is -1.91. The molecule has 0 radical (unpaired) electrons. The average molecular weight is 284 g/mol. The molecule has 0 saturated carbocycles. The number of nitro groups is 1. The minimum absolute atomic E-state index is 0.0916. The van der Waals surface area contributed by atoms with Gasteiger partial charge in [0.25, 0.3) is 10.9 Å². The zero-order chi connectivity index (χ0) is 13.3. The molecule has 18 heavy (non-hydrogen) atoms. The van der Waals surface area contributed by atoms with Crippen LogP contribution >= 0.6 is 23.1 Å². The molecule has 0 unspecified atom stereocenters. The van der Waals surface area contributed by atoms with Crippen molar-refractivity contribution in [3.05, 3.63) is 33.0 Å². The number of ketones is 1. The summed E-state index contributed by atoms with van der Waals surface area (Å²) in [5.41, 5.74) is 0.606. The van der Waals surface area contributed by atoms with Gasteiger partial charge in [0.1, 0.15) is 10.5 Å². The Hall–Kier alpha value is -1.67. The van der Waals surface area contributed by atoms with E-state index in [1.165, 1.54) is 19.3 Å². The number of aryl methyl sites for hydroxylation is 1. The van der Waals surface area contributed by atoms with Crippen molar-refractivity contribution in [3.8, 4) is 0 Å². The molecule has 0 atom stereocenters. The van der Waals surface area contributed by atoms with Gasteiger partial charge in [-0.05, 0) is 25.6 Å². The number of hydrogen-bond donors (Lipinski definition) is 0. The highest BCUT2D eigenvalue weighted by molar-refractivity contribution is 8.01. The quantitative estimate of drug-likeness (QED) is 0.486. The van der Waals surface area contributed by atoms with E-state index in [1.807, 2.05) is 0 Å². The van der Waals surface area contributed by atoms with Gasteiger partial charge in [0.2, 0.25) is 0 Å². The SMILES string of the molecule is CC(=O)c1cc([N+](=O)[O-])c(Sc2nc(C)co2)s1. The highest BCUT2D eigenvalue weighted by Gasteiger charge is 2.23. The fourth-order valence-electron chi connectivity index (χ4n) is 1.20. The van der Waals surface area contributed by atoms with E-state index in [0.717, 1.165) is 23.1 Å². The maximum absolute atomic E-state index is 11.2. The predicted octanol–water partition coefficient (Wildman–Crippen LogP) is 3.31. The third kappa shape index (κ3) is 2.59. The Labute approximate surface area is 110 Å². The van der Waals surface area contributed by atoms with E-state index in [9.17, 15) is 14.9 Å². The zero-order valence-corrected chi connectivity index (χ0v) is 11.1. The van der Waals surface area contributed by atoms with E-state index in [4.69, 9.17) is 4.42 Å². The Balaban J connectivity index is 2.36. The summed E-state index contributed by atoms with van der Waals surface area (Å²) in [6, 6.07) is 1.28. The van der Waals surface area contributed by atoms with Crippen molar-refractivity contribution in [1.82, 2.24) is 4.98 Å². The first kappa shape index (κ1) is 12.8. The summed E-state index contributed by atoms with van der Waals surface area (Å²) in [6.07, 6.45) is 1.47. The van der Waals surface area contributed by atoms with Gasteiger partial charge in [0, 0.05) is 6.07 Å². The van der Waals surface area contributed by atoms with Crippen LogP contribution in [0.4, 0.5) is 5.69 Å². The predicted molar refractivity (Wildman–Crippen MR) is 66.3 cm³/mol. The van der Waals surface area contributed by atoms with E-state index in [2.05, 4.69) is 4.98 Å². The summed E-state index contributed by atoms with van der Waals surface area (Å²) in [5.74, 6) is -0.196. The summed E-state index contributed by atoms with van der Waals surface area (Å²) in [5, 5.41) is 11.2. The molecule has 8 heteroatoms. The number of rotatable bonds is 4. The zero-order valence-electron chi connectivity index (χ0n) is 9.50. The molecule has 0 aliphatic heterocycles. The van der Waals surface area contributed by atoms with Crippen molar-refractivity contribution in [1.29, 1.82) is 0 Å². The highest BCUT2D eigenvalue weighted by atomic mass is 32.2. The Morgan fingerprint density at radius 1 is 1.61 bits per heavy atom. The van der Waals surface area contributed by atoms with Crippen molar-refractivity contribution in [2.45, 2.75) is 23.3 Å². The van der Waals surface area contributed by atoms with Crippen molar-refractivity contribution in [2.75, 3.05) is 0 Å². The fraction of sp³-hybridized carbons (Fsp3) is 0.200. The van der Waals surface area contributed by atoms with Crippen molar-refractivity contribution >= 4 is 34.6 Å². The maximum Gasteiger partial charge on any atom is 0.294 e. The second kappa shape index (κ2) is 4.91. The number of carbonyl (C=O) groups excluding carboxylic acids is 1. The van der Waals surface area contributed by atoms with Crippen LogP contribution in [0.5, 0.6) is 0 Å². The van der Waals surface area contributed by atoms with Crippen LogP contribution in [-0.4, -0.2) is 15.7 Å². The van der Waals surface area contributed by atoms with Gasteiger partial charge in [-0.2, -0.15) is 0 Å². The van der Waals surface area contributed by atoms with E-state index in [0.29, 0.717) is 20.0 Å². The number of hydrogen-bond acceptors (Lipinski definition) is 7. The number of oxazole rings is 1. The van der Waals surface area contributed by atoms with Gasteiger partial charge < -0.3 is 4.42 Å². The van der Waals surface area contributed by atoms with Gasteiger partial charge >= 0.3 is 0 Å². The van der Waals surface area contributed by atoms with E-state index >= 15 is 0 Å². The van der Waals surface area contributed by atoms with Crippen LogP contribution < -0.4 is 0 Å². The minimum atomic E-state index is -0.513. The lowest BCUT2D eigenvalue weighted by atomic mass is 10.3. The second-order valence-electron chi connectivity index (χ2n) is 3.45. The van der Waals surface area contributed by atoms with Crippen LogP contribution in [0.15, 0.2) is 26.2 Å². The lowest BCUT2D eigenvalue weighted by molar-refractivity contribution is -0.387. The fourth-order valence-corrected chi connectivity index (χ4v) is 3.28. The molecule has 0 N–H and O–H groups in total. The van der Waals surface area contributed by atoms with Crippen LogP contribution in [0, 0.1) is 17.0 Å². The van der Waals surface area contributed by atoms with Crippen LogP contribution in [-0.2, 0) is 0 Å². The molecule has 0 fully saturated rings. The normalized spacial score (nSPS) is 10.6. The van der Waals surface area contributed by atoms with Gasteiger partial charge in [-0.15, -0.1) is 11.3 Å². The molecule has 0 aliphatic rings. The molecule has 0 bridgehead atoms. The molecule has 0 aromatic carbocycles. The molecule has 0 spiro atoms. The minimum Gasteiger partial charge on any atom is -0.439 e. The smallest absolute Gasteiger partial charge is 0.294 e. The summed E-state index contributed by atoms with van der Waals surface area (Å²) >= 11 is 2.12. The third-order valence-electron chi connectivity index (χ3n) is 2.00. The monoisotopic (exact) mass is 284 g/mol. The molecule has 94 valence electrons. The van der Waals surface area contributed by atoms with E-state index in [-0.39, 0.29) is 11.5 Å². The van der Waals surface area contributed by atoms with Gasteiger partial charge in [-0.25, -0.2) is 4.98 Å². The van der Waals surface area contributed by atoms with Gasteiger partial charge in [-0.3, -0.25) is 14.9 Å². The summed E-state index contributed by atoms with van der Waals surface area (Å²) in [7, 11) is 0. The summed E-state index contributed by atoms with van der Waals surface area (Å²) < 4.78 is 5.52. The number of Topliss-reactive ketones (excluding diaryl/α,β-unsaturated/α-hetero) is 1. The van der Waals surface area contributed by atoms with Crippen molar-refractivity contribution in [2.24, 2.45) is 0 Å². The van der Waals surface area contributed by atoms with Gasteiger partial charge in [0.05, 0.1) is 15.5 Å². The molecule has 2 aromatic heterocycles. The van der Waals surface area contributed by atoms with Crippen LogP contribution in [0.3, 0.4) is 0 Å². The van der Waals surface area contributed by atoms with Gasteiger partial charge in [-0.1, -0.05) is 0 Å². The average Bonchev–Trinajstić information content (AvgIpc) is 2.85. The summed E-state index contributed by atoms with van der Waals surface area (Å²) in [4.78, 5) is 26.0. The van der Waals surface area contributed by atoms with Gasteiger partial charge in [0.15, 0.2) is 5.78 Å². The van der Waals surface area contributed by atoms with Crippen LogP contribution in [0.2, 0.25) is 0 Å². The first-order chi connectivity index (χ1) is 8.47.